The van der Waals surface area contributed by atoms with Gasteiger partial charge in [-0.25, -0.2) is 4.58 Å². The van der Waals surface area contributed by atoms with Gasteiger partial charge in [0.2, 0.25) is 5.36 Å². The van der Waals surface area contributed by atoms with Crippen LogP contribution in [-0.2, 0) is 30.6 Å². The molecule has 6 heteroatoms. The van der Waals surface area contributed by atoms with Crippen molar-refractivity contribution in [1.29, 1.82) is 0 Å². The van der Waals surface area contributed by atoms with Crippen molar-refractivity contribution in [2.24, 2.45) is 0 Å². The zero-order valence-corrected chi connectivity index (χ0v) is 24.1. The Kier molecular flexibility index (Phi) is 5.96. The quantitative estimate of drug-likeness (QED) is 0.157. The molecule has 0 N–H and O–H groups in total. The van der Waals surface area contributed by atoms with Gasteiger partial charge in [0.05, 0.1) is 12.7 Å². The molecule has 0 aromatic heterocycles. The third-order valence-corrected chi connectivity index (χ3v) is 9.75. The van der Waals surface area contributed by atoms with E-state index in [9.17, 15) is 4.79 Å². The average Bonchev–Trinajstić information content (AvgIpc) is 3.01. The molecule has 0 bridgehead atoms. The highest BCUT2D eigenvalue weighted by molar-refractivity contribution is 5.99. The molecule has 0 radical (unpaired) electrons. The van der Waals surface area contributed by atoms with Gasteiger partial charge in [0.25, 0.3) is 0 Å². The second kappa shape index (κ2) is 9.73. The maximum Gasteiger partial charge on any atom is 0.210 e. The molecule has 3 aromatic carbocycles. The van der Waals surface area contributed by atoms with E-state index in [0.29, 0.717) is 17.7 Å². The van der Waals surface area contributed by atoms with E-state index in [4.69, 9.17) is 14.5 Å². The minimum Gasteiger partial charge on any atom is -0.455 e. The number of aryl methyl sites for hydroxylation is 2. The zero-order valence-electron chi connectivity index (χ0n) is 24.1. The number of carbonyl (C=O) groups is 1. The number of fused-ring (bicyclic) bond motifs is 4. The largest absolute Gasteiger partial charge is 0.455 e. The zero-order chi connectivity index (χ0) is 27.7. The van der Waals surface area contributed by atoms with E-state index in [0.717, 1.165) is 98.1 Å². The highest BCUT2D eigenvalue weighted by atomic mass is 17.2. The van der Waals surface area contributed by atoms with E-state index < -0.39 is 0 Å². The van der Waals surface area contributed by atoms with Crippen LogP contribution < -0.4 is 29.7 Å². The lowest BCUT2D eigenvalue weighted by atomic mass is 9.82. The lowest BCUT2D eigenvalue weighted by molar-refractivity contribution is -0.178. The predicted octanol–water partition coefficient (Wildman–Crippen LogP) is 4.65. The fourth-order valence-corrected chi connectivity index (χ4v) is 8.07. The Morgan fingerprint density at radius 1 is 0.902 bits per heavy atom. The fraction of sp³-hybridized carbons (Fsp3) is 0.429. The summed E-state index contributed by atoms with van der Waals surface area (Å²) in [6.07, 6.45) is 9.26. The van der Waals surface area contributed by atoms with E-state index in [2.05, 4.69) is 21.6 Å². The molecular formula is C35H37N2O4+. The summed E-state index contributed by atoms with van der Waals surface area (Å²) in [6.45, 7) is 6.39. The summed E-state index contributed by atoms with van der Waals surface area (Å²) in [5.41, 5.74) is 10.7. The lowest BCUT2D eigenvalue weighted by Crippen LogP contribution is -2.45. The molecule has 210 valence electrons. The number of nitrogens with zero attached hydrogens (tertiary/aromatic N) is 2. The SMILES string of the molecule is CCC(=O)c1ccc(OOC)c(C2=c3cc4c5c(c3Oc3c2cc2c6c3CCCN6CCC2)CCC[N+]=5CCC4)c1. The summed E-state index contributed by atoms with van der Waals surface area (Å²) in [5.74, 6) is 2.74. The van der Waals surface area contributed by atoms with Crippen molar-refractivity contribution in [2.45, 2.75) is 64.7 Å². The van der Waals surface area contributed by atoms with Crippen LogP contribution in [0.4, 0.5) is 5.69 Å². The Morgan fingerprint density at radius 2 is 1.68 bits per heavy atom. The molecule has 0 saturated carbocycles. The van der Waals surface area contributed by atoms with Gasteiger partial charge in [-0.3, -0.25) is 4.79 Å². The number of carbonyl (C=O) groups excluding carboxylic acids is 1. The Morgan fingerprint density at radius 3 is 2.51 bits per heavy atom. The van der Waals surface area contributed by atoms with Crippen LogP contribution >= 0.6 is 0 Å². The van der Waals surface area contributed by atoms with Crippen LogP contribution in [0.15, 0.2) is 30.3 Å². The van der Waals surface area contributed by atoms with Crippen LogP contribution in [0.2, 0.25) is 0 Å². The summed E-state index contributed by atoms with van der Waals surface area (Å²) in [7, 11) is 1.54. The molecular weight excluding hydrogens is 512 g/mol. The van der Waals surface area contributed by atoms with E-state index >= 15 is 0 Å². The molecule has 3 aromatic rings. The summed E-state index contributed by atoms with van der Waals surface area (Å²) in [4.78, 5) is 26.6. The van der Waals surface area contributed by atoms with E-state index in [1.165, 1.54) is 53.2 Å². The molecule has 0 amide bonds. The first-order valence-corrected chi connectivity index (χ1v) is 15.5. The molecule has 0 saturated heterocycles. The van der Waals surface area contributed by atoms with Crippen LogP contribution in [-0.4, -0.2) is 39.1 Å². The molecule has 0 unspecified atom stereocenters. The van der Waals surface area contributed by atoms with Gasteiger partial charge < -0.3 is 14.5 Å². The van der Waals surface area contributed by atoms with Gasteiger partial charge >= 0.3 is 0 Å². The average molecular weight is 550 g/mol. The minimum absolute atomic E-state index is 0.121. The molecule has 0 spiro atoms. The molecule has 41 heavy (non-hydrogen) atoms. The highest BCUT2D eigenvalue weighted by Crippen LogP contribution is 2.49. The van der Waals surface area contributed by atoms with Crippen molar-refractivity contribution in [3.8, 4) is 17.2 Å². The molecule has 5 heterocycles. The standard InChI is InChI=1S/C35H37N2O4/c1-3-29(38)21-12-13-30(41-39-2)26(18-21)31-27-19-22-8-4-14-36-16-6-10-24(32(22)36)34(27)40-35-25-11-7-17-37-15-5-9-23(33(25)37)20-28(31)35/h12-13,18-20H,3-11,14-17H2,1-2H3/q+1. The smallest absolute Gasteiger partial charge is 0.210 e. The molecule has 0 aliphatic carbocycles. The third kappa shape index (κ3) is 3.79. The Hall–Kier alpha value is -3.64. The monoisotopic (exact) mass is 549 g/mol. The van der Waals surface area contributed by atoms with Crippen molar-refractivity contribution >= 4 is 17.0 Å². The van der Waals surface area contributed by atoms with Gasteiger partial charge in [0.1, 0.15) is 24.6 Å². The molecule has 6 nitrogen and oxygen atoms in total. The van der Waals surface area contributed by atoms with Gasteiger partial charge in [0, 0.05) is 76.6 Å². The topological polar surface area (TPSA) is 51.0 Å². The number of ketones is 1. The summed E-state index contributed by atoms with van der Waals surface area (Å²) in [6, 6.07) is 10.5. The van der Waals surface area contributed by atoms with Crippen LogP contribution in [0.5, 0.6) is 17.2 Å². The lowest BCUT2D eigenvalue weighted by Gasteiger charge is -2.39. The number of rotatable bonds is 5. The van der Waals surface area contributed by atoms with E-state index in [1.54, 1.807) is 0 Å². The molecule has 0 atom stereocenters. The Labute approximate surface area is 240 Å². The third-order valence-electron chi connectivity index (χ3n) is 9.75. The number of hydrogen-bond donors (Lipinski definition) is 0. The van der Waals surface area contributed by atoms with E-state index in [1.807, 2.05) is 25.1 Å². The first-order chi connectivity index (χ1) is 20.2. The maximum atomic E-state index is 13.0. The summed E-state index contributed by atoms with van der Waals surface area (Å²) < 4.78 is 9.73. The predicted molar refractivity (Wildman–Crippen MR) is 159 cm³/mol. The molecule has 8 rings (SSSR count). The van der Waals surface area contributed by atoms with Crippen molar-refractivity contribution in [1.82, 2.24) is 4.58 Å². The van der Waals surface area contributed by atoms with Gasteiger partial charge in [-0.15, -0.1) is 0 Å². The first-order valence-electron chi connectivity index (χ1n) is 15.5. The van der Waals surface area contributed by atoms with Crippen molar-refractivity contribution in [2.75, 3.05) is 38.2 Å². The second-order valence-electron chi connectivity index (χ2n) is 12.1. The van der Waals surface area contributed by atoms with Crippen LogP contribution in [0.1, 0.15) is 82.8 Å². The molecule has 5 aliphatic heterocycles. The number of benzene rings is 3. The number of anilines is 1. The highest BCUT2D eigenvalue weighted by Gasteiger charge is 2.36. The molecule has 5 aliphatic rings. The number of ether oxygens (including phenoxy) is 1. The summed E-state index contributed by atoms with van der Waals surface area (Å²) >= 11 is 0. The minimum atomic E-state index is 0.121. The van der Waals surface area contributed by atoms with Gasteiger partial charge in [-0.05, 0) is 74.4 Å². The summed E-state index contributed by atoms with van der Waals surface area (Å²) in [5, 5.41) is 2.52. The second-order valence-corrected chi connectivity index (χ2v) is 12.1. The van der Waals surface area contributed by atoms with Crippen molar-refractivity contribution in [3.05, 3.63) is 79.9 Å². The van der Waals surface area contributed by atoms with Crippen LogP contribution in [0.25, 0.3) is 5.57 Å². The van der Waals surface area contributed by atoms with Crippen molar-refractivity contribution in [3.63, 3.8) is 0 Å². The number of Topliss-reactive ketones (excluding diaryl/α,β-unsaturated/α-hetero) is 1. The van der Waals surface area contributed by atoms with Gasteiger partial charge in [0.15, 0.2) is 11.5 Å². The van der Waals surface area contributed by atoms with E-state index in [-0.39, 0.29) is 5.78 Å². The Bertz CT molecular complexity index is 1750. The van der Waals surface area contributed by atoms with Gasteiger partial charge in [-0.1, -0.05) is 6.92 Å². The normalized spacial score (nSPS) is 18.1. The Balaban J connectivity index is 1.52. The number of hydrogen-bond acceptors (Lipinski definition) is 5. The van der Waals surface area contributed by atoms with Crippen LogP contribution in [0, 0.1) is 0 Å². The fourth-order valence-electron chi connectivity index (χ4n) is 8.07. The van der Waals surface area contributed by atoms with Crippen molar-refractivity contribution < 1.29 is 19.3 Å². The maximum absolute atomic E-state index is 13.0. The first kappa shape index (κ1) is 25.1. The van der Waals surface area contributed by atoms with Crippen LogP contribution in [0.3, 0.4) is 0 Å². The van der Waals surface area contributed by atoms with Gasteiger partial charge in [-0.2, -0.15) is 4.89 Å². The molecule has 0 fully saturated rings.